The van der Waals surface area contributed by atoms with E-state index >= 15 is 0 Å². The summed E-state index contributed by atoms with van der Waals surface area (Å²) in [7, 11) is 0. The molecule has 0 aliphatic heterocycles. The minimum Gasteiger partial charge on any atom is -0.310 e. The van der Waals surface area contributed by atoms with Gasteiger partial charge in [0.15, 0.2) is 0 Å². The predicted octanol–water partition coefficient (Wildman–Crippen LogP) is 3.67. The van der Waals surface area contributed by atoms with Crippen LogP contribution in [-0.2, 0) is 0 Å². The monoisotopic (exact) mass is 205 g/mol. The molecule has 0 aliphatic rings. The maximum atomic E-state index is 3.55. The summed E-state index contributed by atoms with van der Waals surface area (Å²) in [6.45, 7) is 12.1. The topological polar surface area (TPSA) is 12.0 Å². The van der Waals surface area contributed by atoms with Crippen LogP contribution in [0.2, 0.25) is 0 Å². The summed E-state index contributed by atoms with van der Waals surface area (Å²) >= 11 is 0. The number of hydrogen-bond acceptors (Lipinski definition) is 1. The number of aryl methyl sites for hydroxylation is 3. The van der Waals surface area contributed by atoms with Crippen LogP contribution in [0.15, 0.2) is 12.1 Å². The van der Waals surface area contributed by atoms with Crippen molar-refractivity contribution in [2.45, 2.75) is 47.1 Å². The van der Waals surface area contributed by atoms with Crippen molar-refractivity contribution in [1.29, 1.82) is 0 Å². The number of rotatable bonds is 4. The van der Waals surface area contributed by atoms with E-state index in [9.17, 15) is 0 Å². The number of nitrogens with one attached hydrogen (secondary N) is 1. The third-order valence-electron chi connectivity index (χ3n) is 2.87. The third-order valence-corrected chi connectivity index (χ3v) is 2.87. The van der Waals surface area contributed by atoms with E-state index < -0.39 is 0 Å². The molecule has 84 valence electrons. The second-order valence-electron chi connectivity index (χ2n) is 4.49. The van der Waals surface area contributed by atoms with Gasteiger partial charge < -0.3 is 5.32 Å². The van der Waals surface area contributed by atoms with Gasteiger partial charge in [-0.25, -0.2) is 0 Å². The van der Waals surface area contributed by atoms with Gasteiger partial charge in [-0.1, -0.05) is 24.6 Å². The first-order chi connectivity index (χ1) is 7.06. The van der Waals surface area contributed by atoms with Gasteiger partial charge in [0, 0.05) is 6.04 Å². The minimum absolute atomic E-state index is 0.463. The molecule has 0 fully saturated rings. The van der Waals surface area contributed by atoms with Crippen molar-refractivity contribution in [3.8, 4) is 0 Å². The Labute approximate surface area is 93.9 Å². The summed E-state index contributed by atoms with van der Waals surface area (Å²) in [5.74, 6) is 0. The van der Waals surface area contributed by atoms with Crippen molar-refractivity contribution < 1.29 is 0 Å². The van der Waals surface area contributed by atoms with Crippen molar-refractivity contribution >= 4 is 0 Å². The molecule has 1 aromatic carbocycles. The van der Waals surface area contributed by atoms with Gasteiger partial charge in [-0.3, -0.25) is 0 Å². The fourth-order valence-electron chi connectivity index (χ4n) is 2.34. The van der Waals surface area contributed by atoms with Crippen LogP contribution in [0.4, 0.5) is 0 Å². The number of hydrogen-bond donors (Lipinski definition) is 1. The lowest BCUT2D eigenvalue weighted by atomic mass is 9.95. The van der Waals surface area contributed by atoms with Crippen LogP contribution in [0.1, 0.15) is 48.6 Å². The van der Waals surface area contributed by atoms with Crippen molar-refractivity contribution in [1.82, 2.24) is 5.32 Å². The molecule has 1 heteroatoms. The highest BCUT2D eigenvalue weighted by molar-refractivity contribution is 5.39. The van der Waals surface area contributed by atoms with Crippen LogP contribution in [-0.4, -0.2) is 6.54 Å². The first kappa shape index (κ1) is 12.3. The smallest absolute Gasteiger partial charge is 0.0297 e. The molecule has 0 aliphatic carbocycles. The van der Waals surface area contributed by atoms with Crippen LogP contribution >= 0.6 is 0 Å². The highest BCUT2D eigenvalue weighted by Crippen LogP contribution is 2.23. The van der Waals surface area contributed by atoms with E-state index in [1.165, 1.54) is 28.7 Å². The average Bonchev–Trinajstić information content (AvgIpc) is 2.12. The first-order valence-corrected chi connectivity index (χ1v) is 5.87. The molecule has 0 bridgehead atoms. The lowest BCUT2D eigenvalue weighted by molar-refractivity contribution is 0.566. The largest absolute Gasteiger partial charge is 0.310 e. The average molecular weight is 205 g/mol. The summed E-state index contributed by atoms with van der Waals surface area (Å²) in [5.41, 5.74) is 5.64. The standard InChI is InChI=1S/C14H23N/c1-6-7-15-13(5)14-11(3)8-10(2)9-12(14)4/h8-9,13,15H,6-7H2,1-5H3. The van der Waals surface area contributed by atoms with Gasteiger partial charge in [0.05, 0.1) is 0 Å². The lowest BCUT2D eigenvalue weighted by Gasteiger charge is -2.19. The van der Waals surface area contributed by atoms with E-state index in [1.807, 2.05) is 0 Å². The highest BCUT2D eigenvalue weighted by atomic mass is 14.9. The van der Waals surface area contributed by atoms with Gasteiger partial charge in [0.1, 0.15) is 0 Å². The molecule has 1 aromatic rings. The van der Waals surface area contributed by atoms with Crippen LogP contribution in [0.3, 0.4) is 0 Å². The summed E-state index contributed by atoms with van der Waals surface area (Å²) < 4.78 is 0. The van der Waals surface area contributed by atoms with Crippen molar-refractivity contribution in [3.63, 3.8) is 0 Å². The summed E-state index contributed by atoms with van der Waals surface area (Å²) in [5, 5.41) is 3.55. The predicted molar refractivity (Wildman–Crippen MR) is 67.4 cm³/mol. The van der Waals surface area contributed by atoms with Crippen molar-refractivity contribution in [2.75, 3.05) is 6.54 Å². The maximum absolute atomic E-state index is 3.55. The molecule has 1 rings (SSSR count). The zero-order valence-corrected chi connectivity index (χ0v) is 10.6. The quantitative estimate of drug-likeness (QED) is 0.790. The lowest BCUT2D eigenvalue weighted by Crippen LogP contribution is -2.21. The Morgan fingerprint density at radius 3 is 2.13 bits per heavy atom. The first-order valence-electron chi connectivity index (χ1n) is 5.87. The molecule has 1 N–H and O–H groups in total. The summed E-state index contributed by atoms with van der Waals surface area (Å²) in [6, 6.07) is 5.00. The van der Waals surface area contributed by atoms with E-state index in [2.05, 4.69) is 52.1 Å². The molecular weight excluding hydrogens is 182 g/mol. The van der Waals surface area contributed by atoms with Gasteiger partial charge in [0.25, 0.3) is 0 Å². The Morgan fingerprint density at radius 1 is 1.13 bits per heavy atom. The Morgan fingerprint density at radius 2 is 1.67 bits per heavy atom. The Balaban J connectivity index is 2.92. The van der Waals surface area contributed by atoms with Crippen LogP contribution in [0.5, 0.6) is 0 Å². The van der Waals surface area contributed by atoms with Gasteiger partial charge in [-0.05, 0) is 57.4 Å². The SMILES string of the molecule is CCCNC(C)c1c(C)cc(C)cc1C. The van der Waals surface area contributed by atoms with Gasteiger partial charge in [-0.2, -0.15) is 0 Å². The molecule has 1 nitrogen and oxygen atoms in total. The summed E-state index contributed by atoms with van der Waals surface area (Å²) in [4.78, 5) is 0. The second kappa shape index (κ2) is 5.32. The molecule has 0 saturated carbocycles. The molecule has 0 heterocycles. The van der Waals surface area contributed by atoms with Gasteiger partial charge in [-0.15, -0.1) is 0 Å². The van der Waals surface area contributed by atoms with Gasteiger partial charge >= 0.3 is 0 Å². The Hall–Kier alpha value is -0.820. The number of benzene rings is 1. The van der Waals surface area contributed by atoms with E-state index in [4.69, 9.17) is 0 Å². The molecule has 0 spiro atoms. The fourth-order valence-corrected chi connectivity index (χ4v) is 2.34. The molecular formula is C14H23N. The van der Waals surface area contributed by atoms with Crippen LogP contribution in [0.25, 0.3) is 0 Å². The van der Waals surface area contributed by atoms with Crippen molar-refractivity contribution in [3.05, 3.63) is 34.4 Å². The van der Waals surface area contributed by atoms with E-state index in [0.717, 1.165) is 6.54 Å². The summed E-state index contributed by atoms with van der Waals surface area (Å²) in [6.07, 6.45) is 1.19. The Kier molecular flexibility index (Phi) is 4.34. The zero-order valence-electron chi connectivity index (χ0n) is 10.6. The fraction of sp³-hybridized carbons (Fsp3) is 0.571. The molecule has 0 amide bonds. The maximum Gasteiger partial charge on any atom is 0.0297 e. The van der Waals surface area contributed by atoms with Crippen molar-refractivity contribution in [2.24, 2.45) is 0 Å². The van der Waals surface area contributed by atoms with Crippen LogP contribution < -0.4 is 5.32 Å². The molecule has 1 atom stereocenters. The third kappa shape index (κ3) is 3.07. The molecule has 15 heavy (non-hydrogen) atoms. The molecule has 0 radical (unpaired) electrons. The highest BCUT2D eigenvalue weighted by Gasteiger charge is 2.10. The zero-order chi connectivity index (χ0) is 11.4. The van der Waals surface area contributed by atoms with Gasteiger partial charge in [0.2, 0.25) is 0 Å². The minimum atomic E-state index is 0.463. The Bertz CT molecular complexity index is 305. The molecule has 0 aromatic heterocycles. The van der Waals surface area contributed by atoms with E-state index in [1.54, 1.807) is 0 Å². The van der Waals surface area contributed by atoms with Crippen LogP contribution in [0, 0.1) is 20.8 Å². The van der Waals surface area contributed by atoms with E-state index in [-0.39, 0.29) is 0 Å². The molecule has 1 unspecified atom stereocenters. The normalized spacial score (nSPS) is 12.9. The van der Waals surface area contributed by atoms with E-state index in [0.29, 0.717) is 6.04 Å². The molecule has 0 saturated heterocycles. The second-order valence-corrected chi connectivity index (χ2v) is 4.49.